The molecular weight excluding hydrogens is 440 g/mol. The zero-order valence-electron chi connectivity index (χ0n) is 16.1. The van der Waals surface area contributed by atoms with Gasteiger partial charge in [-0.05, 0) is 42.5 Å². The lowest BCUT2D eigenvalue weighted by Gasteiger charge is -2.10. The molecule has 2 aromatic carbocycles. The maximum atomic E-state index is 12.7. The first-order valence-corrected chi connectivity index (χ1v) is 9.98. The second kappa shape index (κ2) is 9.53. The molecule has 9 heteroatoms. The number of carbonyl (C=O) groups excluding carboxylic acids is 2. The van der Waals surface area contributed by atoms with Gasteiger partial charge in [0.1, 0.15) is 5.75 Å². The predicted octanol–water partition coefficient (Wildman–Crippen LogP) is 3.28. The van der Waals surface area contributed by atoms with E-state index in [1.165, 1.54) is 0 Å². The number of nitrogens with one attached hydrogen (secondary N) is 2. The van der Waals surface area contributed by atoms with Crippen molar-refractivity contribution in [2.75, 3.05) is 36.8 Å². The molecule has 0 spiro atoms. The number of hydrogen-bond donors (Lipinski definition) is 2. The minimum Gasteiger partial charge on any atom is -0.497 e. The maximum Gasteiger partial charge on any atom is 0.257 e. The van der Waals surface area contributed by atoms with Crippen molar-refractivity contribution >= 4 is 50.4 Å². The number of amides is 2. The summed E-state index contributed by atoms with van der Waals surface area (Å²) in [6.07, 6.45) is 0. The highest BCUT2D eigenvalue weighted by Crippen LogP contribution is 2.24. The molecule has 29 heavy (non-hydrogen) atoms. The predicted molar refractivity (Wildman–Crippen MR) is 115 cm³/mol. The van der Waals surface area contributed by atoms with Crippen molar-refractivity contribution in [3.63, 3.8) is 0 Å². The molecule has 3 aromatic rings. The van der Waals surface area contributed by atoms with Gasteiger partial charge in [-0.25, -0.2) is 4.98 Å². The van der Waals surface area contributed by atoms with E-state index in [1.54, 1.807) is 50.6 Å². The number of nitrogens with zero attached hydrogens (tertiary/aromatic N) is 2. The van der Waals surface area contributed by atoms with E-state index in [9.17, 15) is 9.59 Å². The molecule has 2 N–H and O–H groups in total. The first-order chi connectivity index (χ1) is 14.0. The summed E-state index contributed by atoms with van der Waals surface area (Å²) in [6.45, 7) is 0.927. The number of ether oxygens (including phenoxy) is 2. The Morgan fingerprint density at radius 1 is 1.10 bits per heavy atom. The lowest BCUT2D eigenvalue weighted by molar-refractivity contribution is -0.113. The highest BCUT2D eigenvalue weighted by molar-refractivity contribution is 9.09. The number of hydrogen-bond acceptors (Lipinski definition) is 5. The van der Waals surface area contributed by atoms with Crippen LogP contribution >= 0.6 is 15.9 Å². The molecule has 0 aliphatic rings. The van der Waals surface area contributed by atoms with Crippen LogP contribution in [0.15, 0.2) is 42.5 Å². The summed E-state index contributed by atoms with van der Waals surface area (Å²) in [7, 11) is 3.18. The van der Waals surface area contributed by atoms with E-state index < -0.39 is 0 Å². The van der Waals surface area contributed by atoms with Crippen LogP contribution in [0.2, 0.25) is 0 Å². The van der Waals surface area contributed by atoms with Crippen LogP contribution in [0.1, 0.15) is 10.4 Å². The number of carbonyl (C=O) groups is 2. The topological polar surface area (TPSA) is 94.5 Å². The Hall–Kier alpha value is -2.91. The van der Waals surface area contributed by atoms with E-state index in [1.807, 2.05) is 10.6 Å². The third-order valence-corrected chi connectivity index (χ3v) is 4.76. The molecule has 0 bridgehead atoms. The largest absolute Gasteiger partial charge is 0.497 e. The first-order valence-electron chi connectivity index (χ1n) is 8.86. The van der Waals surface area contributed by atoms with E-state index >= 15 is 0 Å². The van der Waals surface area contributed by atoms with Crippen LogP contribution in [0.5, 0.6) is 5.75 Å². The SMILES string of the molecule is COCCn1c(NC(=O)c2ccc(OC)cc2)nc2ccc(NC(=O)CBr)cc21. The smallest absolute Gasteiger partial charge is 0.257 e. The number of imidazole rings is 1. The lowest BCUT2D eigenvalue weighted by Crippen LogP contribution is -2.17. The Kier molecular flexibility index (Phi) is 6.84. The molecule has 0 saturated heterocycles. The average Bonchev–Trinajstić information content (AvgIpc) is 3.08. The van der Waals surface area contributed by atoms with Gasteiger partial charge < -0.3 is 19.4 Å². The molecule has 2 amide bonds. The zero-order valence-corrected chi connectivity index (χ0v) is 17.7. The van der Waals surface area contributed by atoms with Crippen LogP contribution in [0.3, 0.4) is 0 Å². The monoisotopic (exact) mass is 460 g/mol. The van der Waals surface area contributed by atoms with E-state index in [0.717, 1.165) is 5.52 Å². The van der Waals surface area contributed by atoms with E-state index in [4.69, 9.17) is 9.47 Å². The Morgan fingerprint density at radius 2 is 1.86 bits per heavy atom. The van der Waals surface area contributed by atoms with Crippen molar-refractivity contribution in [1.82, 2.24) is 9.55 Å². The molecule has 0 fully saturated rings. The summed E-state index contributed by atoms with van der Waals surface area (Å²) in [4.78, 5) is 28.9. The number of anilines is 2. The number of rotatable bonds is 8. The number of aromatic nitrogens is 2. The fraction of sp³-hybridized carbons (Fsp3) is 0.250. The van der Waals surface area contributed by atoms with Gasteiger partial charge in [0.15, 0.2) is 0 Å². The summed E-state index contributed by atoms with van der Waals surface area (Å²) in [6, 6.07) is 12.2. The van der Waals surface area contributed by atoms with Crippen LogP contribution in [0.4, 0.5) is 11.6 Å². The Labute approximate surface area is 176 Å². The lowest BCUT2D eigenvalue weighted by atomic mass is 10.2. The highest BCUT2D eigenvalue weighted by atomic mass is 79.9. The summed E-state index contributed by atoms with van der Waals surface area (Å²) in [5.74, 6) is 0.642. The van der Waals surface area contributed by atoms with Gasteiger partial charge in [-0.1, -0.05) is 15.9 Å². The molecular formula is C20H21BrN4O4. The third-order valence-electron chi connectivity index (χ3n) is 4.25. The summed E-state index contributed by atoms with van der Waals surface area (Å²) < 4.78 is 12.2. The van der Waals surface area contributed by atoms with Gasteiger partial charge in [0.05, 0.1) is 30.1 Å². The number of halogens is 1. The van der Waals surface area contributed by atoms with Gasteiger partial charge in [0, 0.05) is 24.9 Å². The Morgan fingerprint density at radius 3 is 2.52 bits per heavy atom. The minimum absolute atomic E-state index is 0.152. The molecule has 0 radical (unpaired) electrons. The third kappa shape index (κ3) is 4.93. The Bertz CT molecular complexity index is 1020. The summed E-state index contributed by atoms with van der Waals surface area (Å²) in [5.41, 5.74) is 2.61. The standard InChI is InChI=1S/C20H21BrN4O4/c1-28-10-9-25-17-11-14(22-18(26)12-21)5-8-16(17)23-20(25)24-19(27)13-3-6-15(29-2)7-4-13/h3-8,11H,9-10,12H2,1-2H3,(H,22,26)(H,23,24,27). The van der Waals surface area contributed by atoms with Crippen molar-refractivity contribution in [2.45, 2.75) is 6.54 Å². The van der Waals surface area contributed by atoms with Crippen LogP contribution < -0.4 is 15.4 Å². The molecule has 0 atom stereocenters. The minimum atomic E-state index is -0.283. The van der Waals surface area contributed by atoms with Gasteiger partial charge in [-0.15, -0.1) is 0 Å². The van der Waals surface area contributed by atoms with Gasteiger partial charge in [0.2, 0.25) is 11.9 Å². The summed E-state index contributed by atoms with van der Waals surface area (Å²) >= 11 is 3.13. The van der Waals surface area contributed by atoms with Crippen LogP contribution in [-0.4, -0.2) is 47.5 Å². The van der Waals surface area contributed by atoms with E-state index in [0.29, 0.717) is 41.6 Å². The second-order valence-corrected chi connectivity index (χ2v) is 6.71. The number of benzene rings is 2. The van der Waals surface area contributed by atoms with Crippen LogP contribution in [0.25, 0.3) is 11.0 Å². The molecule has 1 heterocycles. The normalized spacial score (nSPS) is 10.7. The fourth-order valence-electron chi connectivity index (χ4n) is 2.82. The molecule has 152 valence electrons. The second-order valence-electron chi connectivity index (χ2n) is 6.15. The van der Waals surface area contributed by atoms with Crippen molar-refractivity contribution in [1.29, 1.82) is 0 Å². The number of fused-ring (bicyclic) bond motifs is 1. The number of alkyl halides is 1. The molecule has 3 rings (SSSR count). The quantitative estimate of drug-likeness (QED) is 0.503. The fourth-order valence-corrected chi connectivity index (χ4v) is 2.96. The van der Waals surface area contributed by atoms with Crippen LogP contribution in [0, 0.1) is 0 Å². The average molecular weight is 461 g/mol. The molecule has 1 aromatic heterocycles. The van der Waals surface area contributed by atoms with Crippen molar-refractivity contribution in [3.05, 3.63) is 48.0 Å². The van der Waals surface area contributed by atoms with Gasteiger partial charge in [-0.3, -0.25) is 14.9 Å². The van der Waals surface area contributed by atoms with Crippen LogP contribution in [-0.2, 0) is 16.1 Å². The summed E-state index contributed by atoms with van der Waals surface area (Å²) in [5, 5.41) is 5.86. The molecule has 0 saturated carbocycles. The van der Waals surface area contributed by atoms with Crippen molar-refractivity contribution in [3.8, 4) is 5.75 Å². The first kappa shape index (κ1) is 20.8. The maximum absolute atomic E-state index is 12.7. The Balaban J connectivity index is 1.92. The van der Waals surface area contributed by atoms with Gasteiger partial charge in [-0.2, -0.15) is 0 Å². The van der Waals surface area contributed by atoms with E-state index in [2.05, 4.69) is 31.5 Å². The van der Waals surface area contributed by atoms with Gasteiger partial charge in [0.25, 0.3) is 5.91 Å². The molecule has 8 nitrogen and oxygen atoms in total. The van der Waals surface area contributed by atoms with Crippen molar-refractivity contribution < 1.29 is 19.1 Å². The molecule has 0 aliphatic carbocycles. The van der Waals surface area contributed by atoms with E-state index in [-0.39, 0.29) is 17.1 Å². The highest BCUT2D eigenvalue weighted by Gasteiger charge is 2.15. The molecule has 0 unspecified atom stereocenters. The molecule has 0 aliphatic heterocycles. The van der Waals surface area contributed by atoms with Crippen molar-refractivity contribution in [2.24, 2.45) is 0 Å². The zero-order chi connectivity index (χ0) is 20.8. The van der Waals surface area contributed by atoms with Gasteiger partial charge >= 0.3 is 0 Å². The number of methoxy groups -OCH3 is 2.